The van der Waals surface area contributed by atoms with E-state index in [-0.39, 0.29) is 31.2 Å². The number of aliphatic hydroxyl groups excluding tert-OH is 1. The molecule has 2 aliphatic heterocycles. The summed E-state index contributed by atoms with van der Waals surface area (Å²) in [6.07, 6.45) is 2.02. The highest BCUT2D eigenvalue weighted by molar-refractivity contribution is 5.89. The summed E-state index contributed by atoms with van der Waals surface area (Å²) in [4.78, 5) is 29.2. The SMILES string of the molecule is Cc1cc(CC(=O)N2C[C@H](O)C[C@H]2C(=O)NCc2ccc(N3CCCC3)cc2)on1. The number of nitrogens with one attached hydrogen (secondary N) is 1. The lowest BCUT2D eigenvalue weighted by molar-refractivity contribution is -0.138. The number of aromatic nitrogens is 1. The summed E-state index contributed by atoms with van der Waals surface area (Å²) in [5.41, 5.74) is 2.91. The first-order valence-corrected chi connectivity index (χ1v) is 10.5. The zero-order valence-electron chi connectivity index (χ0n) is 17.2. The zero-order valence-corrected chi connectivity index (χ0v) is 17.2. The lowest BCUT2D eigenvalue weighted by atomic mass is 10.1. The van der Waals surface area contributed by atoms with Crippen molar-refractivity contribution in [2.45, 2.75) is 51.3 Å². The Morgan fingerprint density at radius 3 is 2.63 bits per heavy atom. The molecule has 3 heterocycles. The molecule has 1 aromatic heterocycles. The fraction of sp³-hybridized carbons (Fsp3) is 0.500. The van der Waals surface area contributed by atoms with E-state index < -0.39 is 12.1 Å². The number of amides is 2. The molecule has 2 aromatic rings. The molecule has 0 unspecified atom stereocenters. The van der Waals surface area contributed by atoms with E-state index in [1.807, 2.05) is 12.1 Å². The molecule has 2 amide bonds. The third kappa shape index (κ3) is 4.64. The minimum Gasteiger partial charge on any atom is -0.391 e. The van der Waals surface area contributed by atoms with E-state index in [4.69, 9.17) is 4.52 Å². The third-order valence-electron chi connectivity index (χ3n) is 5.78. The van der Waals surface area contributed by atoms with Crippen LogP contribution in [0.4, 0.5) is 5.69 Å². The van der Waals surface area contributed by atoms with Crippen LogP contribution < -0.4 is 10.2 Å². The van der Waals surface area contributed by atoms with Crippen LogP contribution in [0.5, 0.6) is 0 Å². The Morgan fingerprint density at radius 2 is 1.97 bits per heavy atom. The predicted octanol–water partition coefficient (Wildman–Crippen LogP) is 1.40. The lowest BCUT2D eigenvalue weighted by Crippen LogP contribution is -2.46. The van der Waals surface area contributed by atoms with Gasteiger partial charge >= 0.3 is 0 Å². The average Bonchev–Trinajstić information content (AvgIpc) is 3.48. The highest BCUT2D eigenvalue weighted by Gasteiger charge is 2.38. The van der Waals surface area contributed by atoms with Crippen LogP contribution in [-0.2, 0) is 22.6 Å². The fourth-order valence-corrected chi connectivity index (χ4v) is 4.20. The van der Waals surface area contributed by atoms with Crippen molar-refractivity contribution in [1.29, 1.82) is 0 Å². The van der Waals surface area contributed by atoms with Gasteiger partial charge in [-0.15, -0.1) is 0 Å². The molecule has 0 saturated carbocycles. The van der Waals surface area contributed by atoms with E-state index in [9.17, 15) is 14.7 Å². The van der Waals surface area contributed by atoms with Gasteiger partial charge in [0.05, 0.1) is 18.2 Å². The number of β-amino-alcohol motifs (C(OH)–C–C–N with tert-alkyl or cyclic N) is 1. The van der Waals surface area contributed by atoms with Crippen molar-refractivity contribution in [3.63, 3.8) is 0 Å². The summed E-state index contributed by atoms with van der Waals surface area (Å²) < 4.78 is 5.10. The molecule has 2 N–H and O–H groups in total. The van der Waals surface area contributed by atoms with Gasteiger partial charge in [0.25, 0.3) is 0 Å². The van der Waals surface area contributed by atoms with Crippen molar-refractivity contribution >= 4 is 17.5 Å². The molecule has 0 spiro atoms. The summed E-state index contributed by atoms with van der Waals surface area (Å²) in [7, 11) is 0. The smallest absolute Gasteiger partial charge is 0.243 e. The highest BCUT2D eigenvalue weighted by atomic mass is 16.5. The molecule has 2 saturated heterocycles. The van der Waals surface area contributed by atoms with Crippen LogP contribution in [0.15, 0.2) is 34.9 Å². The number of rotatable bonds is 6. The van der Waals surface area contributed by atoms with Crippen molar-refractivity contribution in [1.82, 2.24) is 15.4 Å². The quantitative estimate of drug-likeness (QED) is 0.744. The lowest BCUT2D eigenvalue weighted by Gasteiger charge is -2.23. The number of hydrogen-bond acceptors (Lipinski definition) is 6. The molecule has 0 radical (unpaired) electrons. The second-order valence-electron chi connectivity index (χ2n) is 8.14. The van der Waals surface area contributed by atoms with Gasteiger partial charge in [-0.25, -0.2) is 0 Å². The molecular weight excluding hydrogens is 384 g/mol. The van der Waals surface area contributed by atoms with Crippen LogP contribution in [0.2, 0.25) is 0 Å². The van der Waals surface area contributed by atoms with E-state index in [0.29, 0.717) is 18.0 Å². The first kappa shape index (κ1) is 20.4. The number of hydrogen-bond donors (Lipinski definition) is 2. The molecule has 160 valence electrons. The molecule has 0 aliphatic carbocycles. The van der Waals surface area contributed by atoms with Gasteiger partial charge in [0.2, 0.25) is 11.8 Å². The van der Waals surface area contributed by atoms with Crippen molar-refractivity contribution < 1.29 is 19.2 Å². The van der Waals surface area contributed by atoms with Crippen molar-refractivity contribution in [3.8, 4) is 0 Å². The molecule has 2 atom stereocenters. The normalized spacial score (nSPS) is 21.3. The molecule has 0 bridgehead atoms. The monoisotopic (exact) mass is 412 g/mol. The zero-order chi connectivity index (χ0) is 21.1. The molecule has 2 fully saturated rings. The third-order valence-corrected chi connectivity index (χ3v) is 5.78. The number of aliphatic hydroxyl groups is 1. The van der Waals surface area contributed by atoms with Crippen LogP contribution in [0, 0.1) is 6.92 Å². The van der Waals surface area contributed by atoms with Crippen molar-refractivity contribution in [3.05, 3.63) is 47.3 Å². The highest BCUT2D eigenvalue weighted by Crippen LogP contribution is 2.22. The van der Waals surface area contributed by atoms with E-state index >= 15 is 0 Å². The number of carbonyl (C=O) groups is 2. The first-order valence-electron chi connectivity index (χ1n) is 10.5. The molecule has 1 aromatic carbocycles. The Labute approximate surface area is 175 Å². The summed E-state index contributed by atoms with van der Waals surface area (Å²) in [5.74, 6) is -0.0498. The van der Waals surface area contributed by atoms with E-state index in [1.165, 1.54) is 23.4 Å². The molecule has 2 aliphatic rings. The molecule has 8 nitrogen and oxygen atoms in total. The largest absolute Gasteiger partial charge is 0.391 e. The van der Waals surface area contributed by atoms with Crippen LogP contribution >= 0.6 is 0 Å². The summed E-state index contributed by atoms with van der Waals surface area (Å²) in [6.45, 7) is 4.50. The number of benzene rings is 1. The summed E-state index contributed by atoms with van der Waals surface area (Å²) in [6, 6.07) is 9.23. The molecular formula is C22H28N4O4. The van der Waals surface area contributed by atoms with Crippen LogP contribution in [0.1, 0.15) is 36.3 Å². The van der Waals surface area contributed by atoms with Gasteiger partial charge in [-0.2, -0.15) is 0 Å². The Kier molecular flexibility index (Phi) is 6.03. The van der Waals surface area contributed by atoms with Gasteiger partial charge in [0.1, 0.15) is 11.8 Å². The van der Waals surface area contributed by atoms with Crippen LogP contribution in [0.3, 0.4) is 0 Å². The van der Waals surface area contributed by atoms with Gasteiger partial charge in [-0.05, 0) is 37.5 Å². The predicted molar refractivity (Wildman–Crippen MR) is 111 cm³/mol. The number of nitrogens with zero attached hydrogens (tertiary/aromatic N) is 3. The Morgan fingerprint density at radius 1 is 1.23 bits per heavy atom. The maximum atomic E-state index is 12.8. The topological polar surface area (TPSA) is 98.9 Å². The fourth-order valence-electron chi connectivity index (χ4n) is 4.20. The van der Waals surface area contributed by atoms with Crippen molar-refractivity contribution in [2.75, 3.05) is 24.5 Å². The molecule has 4 rings (SSSR count). The van der Waals surface area contributed by atoms with Crippen LogP contribution in [0.25, 0.3) is 0 Å². The second-order valence-corrected chi connectivity index (χ2v) is 8.14. The summed E-state index contributed by atoms with van der Waals surface area (Å²) in [5, 5.41) is 16.7. The minimum absolute atomic E-state index is 0.0231. The Hall–Kier alpha value is -2.87. The van der Waals surface area contributed by atoms with Crippen molar-refractivity contribution in [2.24, 2.45) is 0 Å². The van der Waals surface area contributed by atoms with E-state index in [1.54, 1.807) is 13.0 Å². The van der Waals surface area contributed by atoms with Gasteiger partial charge in [0, 0.05) is 44.4 Å². The summed E-state index contributed by atoms with van der Waals surface area (Å²) >= 11 is 0. The van der Waals surface area contributed by atoms with Gasteiger partial charge < -0.3 is 24.7 Å². The number of anilines is 1. The first-order chi connectivity index (χ1) is 14.5. The average molecular weight is 412 g/mol. The Balaban J connectivity index is 1.33. The standard InChI is InChI=1S/C22H28N4O4/c1-15-10-19(30-24-15)12-21(28)26-14-18(27)11-20(26)22(29)23-13-16-4-6-17(7-5-16)25-8-2-3-9-25/h4-7,10,18,20,27H,2-3,8-9,11-14H2,1H3,(H,23,29)/t18-,20+/m1/s1. The van der Waals surface area contributed by atoms with Gasteiger partial charge in [-0.3, -0.25) is 9.59 Å². The second kappa shape index (κ2) is 8.87. The van der Waals surface area contributed by atoms with E-state index in [0.717, 1.165) is 18.7 Å². The minimum atomic E-state index is -0.707. The molecule has 8 heteroatoms. The number of carbonyl (C=O) groups excluding carboxylic acids is 2. The van der Waals surface area contributed by atoms with E-state index in [2.05, 4.69) is 27.5 Å². The van der Waals surface area contributed by atoms with Gasteiger partial charge in [-0.1, -0.05) is 17.3 Å². The molecule has 30 heavy (non-hydrogen) atoms. The van der Waals surface area contributed by atoms with Crippen LogP contribution in [-0.4, -0.2) is 58.8 Å². The maximum absolute atomic E-state index is 12.8. The van der Waals surface area contributed by atoms with Gasteiger partial charge in [0.15, 0.2) is 0 Å². The maximum Gasteiger partial charge on any atom is 0.243 e. The Bertz CT molecular complexity index is 889. The number of aryl methyl sites for hydroxylation is 1. The number of likely N-dealkylation sites (tertiary alicyclic amines) is 1.